The number of anilines is 1. The van der Waals surface area contributed by atoms with Gasteiger partial charge in [0.1, 0.15) is 6.04 Å². The van der Waals surface area contributed by atoms with Crippen LogP contribution in [0.5, 0.6) is 0 Å². The summed E-state index contributed by atoms with van der Waals surface area (Å²) in [5.41, 5.74) is 3.47. The normalized spacial score (nSPS) is 12.0. The van der Waals surface area contributed by atoms with Crippen LogP contribution in [0, 0.1) is 13.8 Å². The van der Waals surface area contributed by atoms with Crippen molar-refractivity contribution in [3.8, 4) is 0 Å². The molecule has 2 aromatic rings. The van der Waals surface area contributed by atoms with Crippen LogP contribution in [-0.2, 0) is 11.2 Å². The molecule has 0 saturated carbocycles. The van der Waals surface area contributed by atoms with Crippen molar-refractivity contribution >= 4 is 22.9 Å². The quantitative estimate of drug-likeness (QED) is 0.857. The number of carbonyl (C=O) groups is 1. The molecule has 0 saturated heterocycles. The molecule has 112 valence electrons. The van der Waals surface area contributed by atoms with E-state index >= 15 is 0 Å². The molecule has 0 fully saturated rings. The maximum absolute atomic E-state index is 12.1. The Labute approximate surface area is 130 Å². The summed E-state index contributed by atoms with van der Waals surface area (Å²) in [7, 11) is 0. The molecule has 0 spiro atoms. The molecule has 0 aliphatic rings. The van der Waals surface area contributed by atoms with Gasteiger partial charge in [-0.3, -0.25) is 4.79 Å². The minimum Gasteiger partial charge on any atom is -0.374 e. The topological polar surface area (TPSA) is 41.1 Å². The molecule has 0 aliphatic carbocycles. The third kappa shape index (κ3) is 4.60. The number of amides is 1. The van der Waals surface area contributed by atoms with Crippen LogP contribution in [0.1, 0.15) is 22.9 Å². The monoisotopic (exact) mass is 302 g/mol. The van der Waals surface area contributed by atoms with E-state index in [9.17, 15) is 4.79 Å². The summed E-state index contributed by atoms with van der Waals surface area (Å²) in [4.78, 5) is 13.4. The first kappa shape index (κ1) is 15.6. The second-order valence-electron chi connectivity index (χ2n) is 5.29. The van der Waals surface area contributed by atoms with Crippen LogP contribution in [-0.4, -0.2) is 18.5 Å². The smallest absolute Gasteiger partial charge is 0.242 e. The molecule has 2 rings (SSSR count). The van der Waals surface area contributed by atoms with Crippen LogP contribution in [0.4, 0.5) is 5.69 Å². The van der Waals surface area contributed by atoms with E-state index in [1.807, 2.05) is 19.1 Å². The van der Waals surface area contributed by atoms with Crippen LogP contribution in [0.2, 0.25) is 0 Å². The molecule has 1 aromatic carbocycles. The molecule has 4 heteroatoms. The molecule has 1 amide bonds. The van der Waals surface area contributed by atoms with Crippen molar-refractivity contribution in [2.75, 3.05) is 11.9 Å². The Morgan fingerprint density at radius 1 is 1.24 bits per heavy atom. The fraction of sp³-hybridized carbons (Fsp3) is 0.353. The van der Waals surface area contributed by atoms with E-state index in [0.29, 0.717) is 6.54 Å². The van der Waals surface area contributed by atoms with Gasteiger partial charge in [0.15, 0.2) is 0 Å². The molecular formula is C17H22N2OS. The van der Waals surface area contributed by atoms with E-state index in [1.165, 1.54) is 16.0 Å². The van der Waals surface area contributed by atoms with Gasteiger partial charge in [-0.25, -0.2) is 0 Å². The van der Waals surface area contributed by atoms with E-state index in [0.717, 1.165) is 12.1 Å². The van der Waals surface area contributed by atoms with Crippen molar-refractivity contribution in [3.05, 3.63) is 51.7 Å². The number of thiophene rings is 1. The Morgan fingerprint density at radius 2 is 2.05 bits per heavy atom. The first-order chi connectivity index (χ1) is 10.1. The number of hydrogen-bond acceptors (Lipinski definition) is 3. The lowest BCUT2D eigenvalue weighted by Crippen LogP contribution is -2.38. The molecule has 21 heavy (non-hydrogen) atoms. The SMILES string of the molecule is Cc1ccc(NC(C)C(=O)NCCc2cccs2)cc1C. The van der Waals surface area contributed by atoms with Crippen LogP contribution in [0.15, 0.2) is 35.7 Å². The summed E-state index contributed by atoms with van der Waals surface area (Å²) in [6.45, 7) is 6.72. The second-order valence-corrected chi connectivity index (χ2v) is 6.32. The molecule has 1 aromatic heterocycles. The first-order valence-electron chi connectivity index (χ1n) is 7.20. The standard InChI is InChI=1S/C17H22N2OS/c1-12-6-7-15(11-13(12)2)19-14(3)17(20)18-9-8-16-5-4-10-21-16/h4-7,10-11,14,19H,8-9H2,1-3H3,(H,18,20). The molecule has 3 nitrogen and oxygen atoms in total. The zero-order chi connectivity index (χ0) is 15.2. The third-order valence-electron chi connectivity index (χ3n) is 3.53. The van der Waals surface area contributed by atoms with Crippen LogP contribution < -0.4 is 10.6 Å². The van der Waals surface area contributed by atoms with E-state index in [1.54, 1.807) is 11.3 Å². The van der Waals surface area contributed by atoms with Gasteiger partial charge in [-0.05, 0) is 61.9 Å². The fourth-order valence-electron chi connectivity index (χ4n) is 2.06. The maximum atomic E-state index is 12.1. The van der Waals surface area contributed by atoms with Gasteiger partial charge < -0.3 is 10.6 Å². The Hall–Kier alpha value is -1.81. The average molecular weight is 302 g/mol. The highest BCUT2D eigenvalue weighted by Crippen LogP contribution is 2.15. The predicted molar refractivity (Wildman–Crippen MR) is 90.0 cm³/mol. The summed E-state index contributed by atoms with van der Waals surface area (Å²) >= 11 is 1.72. The molecule has 2 N–H and O–H groups in total. The van der Waals surface area contributed by atoms with Crippen molar-refractivity contribution in [1.29, 1.82) is 0 Å². The maximum Gasteiger partial charge on any atom is 0.242 e. The summed E-state index contributed by atoms with van der Waals surface area (Å²) in [5, 5.41) is 8.27. The van der Waals surface area contributed by atoms with E-state index in [4.69, 9.17) is 0 Å². The second kappa shape index (κ2) is 7.27. The van der Waals surface area contributed by atoms with Gasteiger partial charge >= 0.3 is 0 Å². The van der Waals surface area contributed by atoms with Crippen molar-refractivity contribution in [2.24, 2.45) is 0 Å². The lowest BCUT2D eigenvalue weighted by Gasteiger charge is -2.16. The number of nitrogens with one attached hydrogen (secondary N) is 2. The minimum atomic E-state index is -0.240. The fourth-order valence-corrected chi connectivity index (χ4v) is 2.77. The van der Waals surface area contributed by atoms with E-state index < -0.39 is 0 Å². The van der Waals surface area contributed by atoms with Gasteiger partial charge in [0, 0.05) is 17.1 Å². The van der Waals surface area contributed by atoms with Gasteiger partial charge in [0.2, 0.25) is 5.91 Å². The Morgan fingerprint density at radius 3 is 2.71 bits per heavy atom. The molecule has 0 aliphatic heterocycles. The molecular weight excluding hydrogens is 280 g/mol. The Bertz CT molecular complexity index is 593. The van der Waals surface area contributed by atoms with Crippen molar-refractivity contribution < 1.29 is 4.79 Å². The van der Waals surface area contributed by atoms with E-state index in [2.05, 4.69) is 48.1 Å². The zero-order valence-electron chi connectivity index (χ0n) is 12.8. The largest absolute Gasteiger partial charge is 0.374 e. The van der Waals surface area contributed by atoms with Crippen molar-refractivity contribution in [3.63, 3.8) is 0 Å². The zero-order valence-corrected chi connectivity index (χ0v) is 13.6. The molecule has 1 atom stereocenters. The van der Waals surface area contributed by atoms with Crippen LogP contribution in [0.25, 0.3) is 0 Å². The van der Waals surface area contributed by atoms with Crippen molar-refractivity contribution in [2.45, 2.75) is 33.2 Å². The number of carbonyl (C=O) groups excluding carboxylic acids is 1. The highest BCUT2D eigenvalue weighted by Gasteiger charge is 2.12. The van der Waals surface area contributed by atoms with Gasteiger partial charge in [-0.1, -0.05) is 12.1 Å². The summed E-state index contributed by atoms with van der Waals surface area (Å²) < 4.78 is 0. The summed E-state index contributed by atoms with van der Waals surface area (Å²) in [5.74, 6) is 0.0322. The highest BCUT2D eigenvalue weighted by molar-refractivity contribution is 7.09. The highest BCUT2D eigenvalue weighted by atomic mass is 32.1. The number of aryl methyl sites for hydroxylation is 2. The Kier molecular flexibility index (Phi) is 5.39. The number of benzene rings is 1. The van der Waals surface area contributed by atoms with Crippen LogP contribution >= 0.6 is 11.3 Å². The van der Waals surface area contributed by atoms with Crippen molar-refractivity contribution in [1.82, 2.24) is 5.32 Å². The summed E-state index contributed by atoms with van der Waals surface area (Å²) in [6, 6.07) is 10.0. The molecule has 1 unspecified atom stereocenters. The van der Waals surface area contributed by atoms with Gasteiger partial charge in [0.05, 0.1) is 0 Å². The first-order valence-corrected chi connectivity index (χ1v) is 8.08. The van der Waals surface area contributed by atoms with Gasteiger partial charge in [-0.2, -0.15) is 0 Å². The van der Waals surface area contributed by atoms with Crippen LogP contribution in [0.3, 0.4) is 0 Å². The van der Waals surface area contributed by atoms with Gasteiger partial charge in [0.25, 0.3) is 0 Å². The lowest BCUT2D eigenvalue weighted by atomic mass is 10.1. The number of rotatable bonds is 6. The predicted octanol–water partition coefficient (Wildman–Crippen LogP) is 3.52. The average Bonchev–Trinajstić information content (AvgIpc) is 2.96. The molecule has 1 heterocycles. The molecule has 0 bridgehead atoms. The van der Waals surface area contributed by atoms with E-state index in [-0.39, 0.29) is 11.9 Å². The minimum absolute atomic E-state index is 0.0322. The Balaban J connectivity index is 1.80. The summed E-state index contributed by atoms with van der Waals surface area (Å²) in [6.07, 6.45) is 0.889. The lowest BCUT2D eigenvalue weighted by molar-refractivity contribution is -0.121. The van der Waals surface area contributed by atoms with Gasteiger partial charge in [-0.15, -0.1) is 11.3 Å². The number of hydrogen-bond donors (Lipinski definition) is 2. The molecule has 0 radical (unpaired) electrons. The third-order valence-corrected chi connectivity index (χ3v) is 4.47.